The fraction of sp³-hybridized carbons (Fsp3) is 0.211. The number of nitrogens with zero attached hydrogens (tertiary/aromatic N) is 1. The van der Waals surface area contributed by atoms with Crippen molar-refractivity contribution in [1.29, 1.82) is 0 Å². The number of rotatable bonds is 3. The van der Waals surface area contributed by atoms with Crippen molar-refractivity contribution in [1.82, 2.24) is 10.3 Å². The fourth-order valence-corrected chi connectivity index (χ4v) is 2.96. The highest BCUT2D eigenvalue weighted by atomic mass is 19.1. The third-order valence-electron chi connectivity index (χ3n) is 4.20. The summed E-state index contributed by atoms with van der Waals surface area (Å²) in [5, 5.41) is 11.7. The fourth-order valence-electron chi connectivity index (χ4n) is 2.96. The number of nitrogens with one attached hydrogen (secondary N) is 1. The predicted molar refractivity (Wildman–Crippen MR) is 94.7 cm³/mol. The third kappa shape index (κ3) is 3.03. The zero-order valence-corrected chi connectivity index (χ0v) is 14.5. The second-order valence-corrected chi connectivity index (χ2v) is 6.13. The molecule has 6 nitrogen and oxygen atoms in total. The van der Waals surface area contributed by atoms with Crippen LogP contribution in [0.1, 0.15) is 29.7 Å². The van der Waals surface area contributed by atoms with Gasteiger partial charge in [-0.1, -0.05) is 6.07 Å². The van der Waals surface area contributed by atoms with Crippen molar-refractivity contribution in [2.75, 3.05) is 0 Å². The summed E-state index contributed by atoms with van der Waals surface area (Å²) in [7, 11) is 0. The molecular formula is C19H17FN2O4. The Balaban J connectivity index is 2.36. The lowest BCUT2D eigenvalue weighted by Crippen LogP contribution is -2.25. The summed E-state index contributed by atoms with van der Waals surface area (Å²) in [6.07, 6.45) is 0.112. The SMILES string of the molecule is Cc1cc(C(C)NC(=O)O)c2oc(-c3cccnc3F)c(C)c(=O)c2c1. The van der Waals surface area contributed by atoms with Crippen molar-refractivity contribution in [3.05, 3.63) is 63.3 Å². The van der Waals surface area contributed by atoms with E-state index >= 15 is 0 Å². The molecule has 7 heteroatoms. The van der Waals surface area contributed by atoms with Crippen LogP contribution in [0.5, 0.6) is 0 Å². The number of hydrogen-bond acceptors (Lipinski definition) is 4. The normalized spacial score (nSPS) is 12.2. The second kappa shape index (κ2) is 6.59. The Kier molecular flexibility index (Phi) is 4.46. The summed E-state index contributed by atoms with van der Waals surface area (Å²) >= 11 is 0. The van der Waals surface area contributed by atoms with Crippen molar-refractivity contribution < 1.29 is 18.7 Å². The summed E-state index contributed by atoms with van der Waals surface area (Å²) in [5.41, 5.74) is 1.57. The van der Waals surface area contributed by atoms with E-state index in [0.29, 0.717) is 10.9 Å². The van der Waals surface area contributed by atoms with E-state index < -0.39 is 18.1 Å². The molecule has 1 unspecified atom stereocenters. The smallest absolute Gasteiger partial charge is 0.405 e. The van der Waals surface area contributed by atoms with Gasteiger partial charge in [-0.2, -0.15) is 4.39 Å². The summed E-state index contributed by atoms with van der Waals surface area (Å²) < 4.78 is 20.0. The second-order valence-electron chi connectivity index (χ2n) is 6.13. The number of hydrogen-bond donors (Lipinski definition) is 2. The Labute approximate surface area is 148 Å². The van der Waals surface area contributed by atoms with Gasteiger partial charge in [0, 0.05) is 17.3 Å². The molecule has 0 aliphatic rings. The van der Waals surface area contributed by atoms with E-state index in [0.717, 1.165) is 5.56 Å². The molecule has 2 N–H and O–H groups in total. The van der Waals surface area contributed by atoms with Crippen LogP contribution in [0.2, 0.25) is 0 Å². The van der Waals surface area contributed by atoms with Crippen molar-refractivity contribution >= 4 is 17.1 Å². The molecule has 26 heavy (non-hydrogen) atoms. The number of aromatic nitrogens is 1. The number of carboxylic acid groups (broad SMARTS) is 1. The van der Waals surface area contributed by atoms with Gasteiger partial charge in [-0.3, -0.25) is 4.79 Å². The third-order valence-corrected chi connectivity index (χ3v) is 4.20. The molecule has 0 bridgehead atoms. The van der Waals surface area contributed by atoms with Crippen LogP contribution in [-0.4, -0.2) is 16.2 Å². The topological polar surface area (TPSA) is 92.4 Å². The molecule has 0 fully saturated rings. The van der Waals surface area contributed by atoms with Crippen LogP contribution < -0.4 is 10.7 Å². The lowest BCUT2D eigenvalue weighted by Gasteiger charge is -2.16. The van der Waals surface area contributed by atoms with Crippen LogP contribution in [0.4, 0.5) is 9.18 Å². The molecule has 0 aliphatic heterocycles. The van der Waals surface area contributed by atoms with Crippen LogP contribution in [0.15, 0.2) is 39.7 Å². The van der Waals surface area contributed by atoms with Crippen molar-refractivity contribution in [3.8, 4) is 11.3 Å². The van der Waals surface area contributed by atoms with Gasteiger partial charge in [0.2, 0.25) is 5.95 Å². The minimum atomic E-state index is -1.19. The Bertz CT molecular complexity index is 1080. The number of pyridine rings is 1. The number of carbonyl (C=O) groups is 1. The molecule has 0 saturated heterocycles. The molecule has 3 aromatic rings. The van der Waals surface area contributed by atoms with Gasteiger partial charge in [0.1, 0.15) is 11.3 Å². The largest absolute Gasteiger partial charge is 0.465 e. The predicted octanol–water partition coefficient (Wildman–Crippen LogP) is 3.94. The Hall–Kier alpha value is -3.22. The van der Waals surface area contributed by atoms with Crippen LogP contribution in [0.3, 0.4) is 0 Å². The number of amides is 1. The zero-order valence-electron chi connectivity index (χ0n) is 14.5. The highest BCUT2D eigenvalue weighted by Crippen LogP contribution is 2.31. The van der Waals surface area contributed by atoms with E-state index in [4.69, 9.17) is 9.52 Å². The van der Waals surface area contributed by atoms with E-state index in [1.54, 1.807) is 39.0 Å². The average molecular weight is 356 g/mol. The summed E-state index contributed by atoms with van der Waals surface area (Å²) in [6, 6.07) is 5.82. The molecule has 0 radical (unpaired) electrons. The maximum atomic E-state index is 14.1. The maximum Gasteiger partial charge on any atom is 0.405 e. The summed E-state index contributed by atoms with van der Waals surface area (Å²) in [4.78, 5) is 27.4. The van der Waals surface area contributed by atoms with Gasteiger partial charge in [-0.05, 0) is 44.5 Å². The molecule has 1 amide bonds. The molecule has 3 rings (SSSR count). The molecule has 0 saturated carbocycles. The van der Waals surface area contributed by atoms with Crippen LogP contribution in [0, 0.1) is 19.8 Å². The van der Waals surface area contributed by atoms with Crippen molar-refractivity contribution in [2.45, 2.75) is 26.8 Å². The van der Waals surface area contributed by atoms with Crippen molar-refractivity contribution in [2.24, 2.45) is 0 Å². The highest BCUT2D eigenvalue weighted by Gasteiger charge is 2.21. The minimum absolute atomic E-state index is 0.0781. The van der Waals surface area contributed by atoms with Gasteiger partial charge in [0.25, 0.3) is 0 Å². The average Bonchev–Trinajstić information content (AvgIpc) is 2.58. The van der Waals surface area contributed by atoms with Gasteiger partial charge in [0.15, 0.2) is 5.43 Å². The Morgan fingerprint density at radius 3 is 2.73 bits per heavy atom. The summed E-state index contributed by atoms with van der Waals surface area (Å²) in [6.45, 7) is 5.01. The molecule has 0 spiro atoms. The van der Waals surface area contributed by atoms with E-state index in [-0.39, 0.29) is 27.9 Å². The van der Waals surface area contributed by atoms with Gasteiger partial charge in [-0.15, -0.1) is 0 Å². The van der Waals surface area contributed by atoms with Gasteiger partial charge in [-0.25, -0.2) is 9.78 Å². The molecule has 2 heterocycles. The van der Waals surface area contributed by atoms with Crippen LogP contribution in [-0.2, 0) is 0 Å². The van der Waals surface area contributed by atoms with Gasteiger partial charge >= 0.3 is 6.09 Å². The lowest BCUT2D eigenvalue weighted by molar-refractivity contribution is 0.191. The molecule has 0 aliphatic carbocycles. The number of aryl methyl sites for hydroxylation is 1. The minimum Gasteiger partial charge on any atom is -0.465 e. The molecular weight excluding hydrogens is 339 g/mol. The molecule has 2 aromatic heterocycles. The van der Waals surface area contributed by atoms with Crippen molar-refractivity contribution in [3.63, 3.8) is 0 Å². The maximum absolute atomic E-state index is 14.1. The first-order chi connectivity index (χ1) is 12.3. The quantitative estimate of drug-likeness (QED) is 0.694. The summed E-state index contributed by atoms with van der Waals surface area (Å²) in [5.74, 6) is -0.663. The Morgan fingerprint density at radius 2 is 2.08 bits per heavy atom. The zero-order chi connectivity index (χ0) is 19.0. The van der Waals surface area contributed by atoms with E-state index in [1.165, 1.54) is 12.3 Å². The van der Waals surface area contributed by atoms with E-state index in [2.05, 4.69) is 10.3 Å². The van der Waals surface area contributed by atoms with Gasteiger partial charge in [0.05, 0.1) is 17.0 Å². The van der Waals surface area contributed by atoms with E-state index in [1.807, 2.05) is 0 Å². The first-order valence-corrected chi connectivity index (χ1v) is 7.98. The monoisotopic (exact) mass is 356 g/mol. The first-order valence-electron chi connectivity index (χ1n) is 7.98. The Morgan fingerprint density at radius 1 is 1.35 bits per heavy atom. The van der Waals surface area contributed by atoms with E-state index in [9.17, 15) is 14.0 Å². The van der Waals surface area contributed by atoms with Gasteiger partial charge < -0.3 is 14.8 Å². The number of benzene rings is 1. The van der Waals surface area contributed by atoms with Crippen LogP contribution in [0.25, 0.3) is 22.3 Å². The molecule has 1 atom stereocenters. The molecule has 1 aromatic carbocycles. The first kappa shape index (κ1) is 17.6. The number of fused-ring (bicyclic) bond motifs is 1. The number of halogens is 1. The van der Waals surface area contributed by atoms with Crippen LogP contribution >= 0.6 is 0 Å². The standard InChI is InChI=1S/C19H17FN2O4/c1-9-7-13(11(3)22-19(24)25)17-14(8-9)15(23)10(2)16(26-17)12-5-4-6-21-18(12)20/h4-8,11,22H,1-3H3,(H,24,25). The molecule has 134 valence electrons. The highest BCUT2D eigenvalue weighted by molar-refractivity contribution is 5.84. The lowest BCUT2D eigenvalue weighted by atomic mass is 9.99.